The molecule has 106 valence electrons. The number of anilines is 1. The van der Waals surface area contributed by atoms with Crippen LogP contribution in [0.1, 0.15) is 35.6 Å². The van der Waals surface area contributed by atoms with Gasteiger partial charge in [0.05, 0.1) is 17.9 Å². The first-order valence-corrected chi connectivity index (χ1v) is 6.82. The smallest absolute Gasteiger partial charge is 0.268 e. The molecule has 2 heterocycles. The summed E-state index contributed by atoms with van der Waals surface area (Å²) in [4.78, 5) is 16.5. The second-order valence-electron chi connectivity index (χ2n) is 4.59. The van der Waals surface area contributed by atoms with Gasteiger partial charge in [0, 0.05) is 18.9 Å². The van der Waals surface area contributed by atoms with Crippen molar-refractivity contribution in [1.82, 2.24) is 14.9 Å². The number of carbonyl (C=O) groups excluding carboxylic acids is 1. The molecule has 20 heavy (non-hydrogen) atoms. The van der Waals surface area contributed by atoms with Gasteiger partial charge in [-0.2, -0.15) is 0 Å². The largest absolute Gasteiger partial charge is 0.397 e. The van der Waals surface area contributed by atoms with E-state index in [2.05, 4.69) is 17.2 Å². The molecule has 0 fully saturated rings. The Hall–Kier alpha value is -2.30. The molecule has 5 nitrogen and oxygen atoms in total. The Labute approximate surface area is 118 Å². The number of aromatic nitrogens is 2. The Morgan fingerprint density at radius 3 is 2.95 bits per heavy atom. The van der Waals surface area contributed by atoms with Crippen molar-refractivity contribution in [2.75, 3.05) is 5.73 Å². The molecule has 0 bridgehead atoms. The van der Waals surface area contributed by atoms with Crippen LogP contribution in [-0.4, -0.2) is 15.5 Å². The van der Waals surface area contributed by atoms with Gasteiger partial charge >= 0.3 is 0 Å². The second-order valence-corrected chi connectivity index (χ2v) is 4.59. The van der Waals surface area contributed by atoms with Crippen molar-refractivity contribution in [2.45, 2.75) is 33.4 Å². The molecule has 0 atom stereocenters. The molecule has 0 aliphatic rings. The van der Waals surface area contributed by atoms with Gasteiger partial charge in [0.15, 0.2) is 0 Å². The summed E-state index contributed by atoms with van der Waals surface area (Å²) in [6.45, 7) is 5.19. The molecule has 0 aromatic carbocycles. The Bertz CT molecular complexity index is 604. The number of pyridine rings is 1. The van der Waals surface area contributed by atoms with Crippen molar-refractivity contribution in [3.63, 3.8) is 0 Å². The first-order chi connectivity index (χ1) is 9.65. The third kappa shape index (κ3) is 2.99. The van der Waals surface area contributed by atoms with Gasteiger partial charge in [-0.15, -0.1) is 0 Å². The molecule has 0 spiro atoms. The first-order valence-electron chi connectivity index (χ1n) is 6.82. The van der Waals surface area contributed by atoms with Gasteiger partial charge in [0.25, 0.3) is 5.91 Å². The number of carbonyl (C=O) groups is 1. The number of nitrogens with one attached hydrogen (secondary N) is 1. The van der Waals surface area contributed by atoms with Gasteiger partial charge in [0.1, 0.15) is 5.69 Å². The monoisotopic (exact) mass is 272 g/mol. The second kappa shape index (κ2) is 6.23. The summed E-state index contributed by atoms with van der Waals surface area (Å²) in [5, 5.41) is 2.90. The number of nitrogens with two attached hydrogens (primary N) is 1. The highest BCUT2D eigenvalue weighted by molar-refractivity contribution is 5.93. The molecular formula is C15H20N4O. The minimum absolute atomic E-state index is 0.128. The average molecular weight is 272 g/mol. The third-order valence-corrected chi connectivity index (χ3v) is 3.27. The summed E-state index contributed by atoms with van der Waals surface area (Å²) in [6, 6.07) is 5.63. The van der Waals surface area contributed by atoms with Crippen LogP contribution in [0, 0.1) is 0 Å². The van der Waals surface area contributed by atoms with E-state index in [1.54, 1.807) is 18.5 Å². The van der Waals surface area contributed by atoms with E-state index in [-0.39, 0.29) is 5.91 Å². The summed E-state index contributed by atoms with van der Waals surface area (Å²) in [5.74, 6) is -0.128. The number of nitrogens with zero attached hydrogens (tertiary/aromatic N) is 2. The normalized spacial score (nSPS) is 10.5. The number of nitrogen functional groups attached to an aromatic ring is 1. The van der Waals surface area contributed by atoms with Crippen LogP contribution in [0.25, 0.3) is 0 Å². The molecule has 0 aliphatic heterocycles. The van der Waals surface area contributed by atoms with E-state index in [0.29, 0.717) is 24.5 Å². The molecular weight excluding hydrogens is 252 g/mol. The molecule has 0 saturated carbocycles. The Kier molecular flexibility index (Phi) is 4.40. The quantitative estimate of drug-likeness (QED) is 0.874. The average Bonchev–Trinajstić information content (AvgIpc) is 2.86. The highest BCUT2D eigenvalue weighted by atomic mass is 16.1. The van der Waals surface area contributed by atoms with Gasteiger partial charge in [0.2, 0.25) is 0 Å². The number of aryl methyl sites for hydroxylation is 2. The Morgan fingerprint density at radius 1 is 1.45 bits per heavy atom. The van der Waals surface area contributed by atoms with Crippen LogP contribution in [0.15, 0.2) is 30.6 Å². The highest BCUT2D eigenvalue weighted by Crippen LogP contribution is 2.11. The van der Waals surface area contributed by atoms with Crippen LogP contribution in [0.2, 0.25) is 0 Å². The lowest BCUT2D eigenvalue weighted by molar-refractivity contribution is 0.0941. The predicted octanol–water partition coefficient (Wildman–Crippen LogP) is 1.98. The molecule has 5 heteroatoms. The standard InChI is InChI=1S/C15H20N4O/c1-3-11-6-5-7-17-13(11)9-18-15(20)14-8-12(16)10-19(14)4-2/h5-8,10H,3-4,9,16H2,1-2H3,(H,18,20). The van der Waals surface area contributed by atoms with Crippen molar-refractivity contribution >= 4 is 11.6 Å². The van der Waals surface area contributed by atoms with Gasteiger partial charge in [-0.25, -0.2) is 0 Å². The van der Waals surface area contributed by atoms with Crippen molar-refractivity contribution < 1.29 is 4.79 Å². The molecule has 0 saturated heterocycles. The lowest BCUT2D eigenvalue weighted by Crippen LogP contribution is -2.26. The van der Waals surface area contributed by atoms with Crippen LogP contribution in [-0.2, 0) is 19.5 Å². The number of rotatable bonds is 5. The van der Waals surface area contributed by atoms with E-state index < -0.39 is 0 Å². The predicted molar refractivity (Wildman–Crippen MR) is 79.3 cm³/mol. The zero-order valence-electron chi connectivity index (χ0n) is 11.9. The molecule has 2 rings (SSSR count). The Balaban J connectivity index is 2.08. The lowest BCUT2D eigenvalue weighted by Gasteiger charge is -2.09. The summed E-state index contributed by atoms with van der Waals surface area (Å²) in [6.07, 6.45) is 4.41. The van der Waals surface area contributed by atoms with E-state index in [1.165, 1.54) is 0 Å². The number of hydrogen-bond donors (Lipinski definition) is 2. The minimum atomic E-state index is -0.128. The zero-order valence-corrected chi connectivity index (χ0v) is 11.9. The number of amides is 1. The minimum Gasteiger partial charge on any atom is -0.397 e. The van der Waals surface area contributed by atoms with E-state index in [4.69, 9.17) is 5.73 Å². The van der Waals surface area contributed by atoms with Crippen molar-refractivity contribution in [3.05, 3.63) is 47.5 Å². The Morgan fingerprint density at radius 2 is 2.25 bits per heavy atom. The van der Waals surface area contributed by atoms with E-state index in [0.717, 1.165) is 17.7 Å². The van der Waals surface area contributed by atoms with Gasteiger partial charge in [-0.05, 0) is 31.0 Å². The zero-order chi connectivity index (χ0) is 14.5. The van der Waals surface area contributed by atoms with Crippen molar-refractivity contribution in [2.24, 2.45) is 0 Å². The maximum absolute atomic E-state index is 12.2. The summed E-state index contributed by atoms with van der Waals surface area (Å²) >= 11 is 0. The molecule has 2 aromatic heterocycles. The number of hydrogen-bond acceptors (Lipinski definition) is 3. The molecule has 3 N–H and O–H groups in total. The topological polar surface area (TPSA) is 72.9 Å². The lowest BCUT2D eigenvalue weighted by atomic mass is 10.1. The van der Waals surface area contributed by atoms with E-state index in [9.17, 15) is 4.79 Å². The van der Waals surface area contributed by atoms with Crippen LogP contribution >= 0.6 is 0 Å². The van der Waals surface area contributed by atoms with E-state index >= 15 is 0 Å². The van der Waals surface area contributed by atoms with Crippen LogP contribution in [0.4, 0.5) is 5.69 Å². The summed E-state index contributed by atoms with van der Waals surface area (Å²) in [7, 11) is 0. The van der Waals surface area contributed by atoms with Gasteiger partial charge in [-0.1, -0.05) is 13.0 Å². The molecule has 0 unspecified atom stereocenters. The van der Waals surface area contributed by atoms with Crippen LogP contribution in [0.3, 0.4) is 0 Å². The van der Waals surface area contributed by atoms with Crippen molar-refractivity contribution in [1.29, 1.82) is 0 Å². The highest BCUT2D eigenvalue weighted by Gasteiger charge is 2.12. The summed E-state index contributed by atoms with van der Waals surface area (Å²) < 4.78 is 1.84. The fourth-order valence-corrected chi connectivity index (χ4v) is 2.19. The van der Waals surface area contributed by atoms with Gasteiger partial charge < -0.3 is 15.6 Å². The molecule has 1 amide bonds. The third-order valence-electron chi connectivity index (χ3n) is 3.27. The first kappa shape index (κ1) is 14.1. The molecule has 0 aliphatic carbocycles. The SMILES string of the molecule is CCc1cccnc1CNC(=O)c1cc(N)cn1CC. The maximum atomic E-state index is 12.2. The van der Waals surface area contributed by atoms with Gasteiger partial charge in [-0.3, -0.25) is 9.78 Å². The van der Waals surface area contributed by atoms with Crippen LogP contribution < -0.4 is 11.1 Å². The molecule has 2 aromatic rings. The molecule has 0 radical (unpaired) electrons. The maximum Gasteiger partial charge on any atom is 0.268 e. The van der Waals surface area contributed by atoms with E-state index in [1.807, 2.05) is 23.6 Å². The van der Waals surface area contributed by atoms with Crippen molar-refractivity contribution in [3.8, 4) is 0 Å². The van der Waals surface area contributed by atoms with Crippen LogP contribution in [0.5, 0.6) is 0 Å². The fraction of sp³-hybridized carbons (Fsp3) is 0.333. The summed E-state index contributed by atoms with van der Waals surface area (Å²) in [5.41, 5.74) is 8.98. The fourth-order valence-electron chi connectivity index (χ4n) is 2.19.